The SMILES string of the molecule is COC1(C2CCCCC2)CCN(c2ccc(-c3nnc(C4CCC(CN[C@H]5C[C@@H](O)CNC(=O)[C@@H]6[C@@H](O)[C@@H](C)CN6C(=O)[C@H]([C@H](O)CCNC(CO)CO)NC(=O)[C@H]([C@H](O)Cc6ccc(O)c(O)c6)NC(=O)[C@@H]6C[C@@H](O)CN6C(=O)[C@H]([C@@H](C)O)NC5=O)CC4)s3)cc2)CC1. The number of benzene rings is 2. The normalized spacial score (nSPS) is 30.0. The molecule has 6 amide bonds. The largest absolute Gasteiger partial charge is 0.504 e. The second-order valence-corrected chi connectivity index (χ2v) is 27.9. The van der Waals surface area contributed by atoms with E-state index in [1.807, 2.05) is 7.11 Å². The van der Waals surface area contributed by atoms with E-state index >= 15 is 0 Å². The molecule has 2 aliphatic carbocycles. The van der Waals surface area contributed by atoms with Crippen molar-refractivity contribution in [3.05, 3.63) is 53.0 Å². The van der Waals surface area contributed by atoms with Crippen LogP contribution in [0.5, 0.6) is 11.5 Å². The first-order valence-electron chi connectivity index (χ1n) is 33.3. The summed E-state index contributed by atoms with van der Waals surface area (Å²) in [5.74, 6) is -7.42. The van der Waals surface area contributed by atoms with Crippen molar-refractivity contribution < 1.29 is 84.6 Å². The molecule has 94 heavy (non-hydrogen) atoms. The molecule has 3 aromatic rings. The molecule has 2 saturated carbocycles. The molecule has 4 aliphatic heterocycles. The van der Waals surface area contributed by atoms with E-state index in [9.17, 15) is 79.8 Å². The molecule has 520 valence electrons. The third kappa shape index (κ3) is 17.3. The number of phenols is 2. The van der Waals surface area contributed by atoms with E-state index in [4.69, 9.17) is 4.74 Å². The lowest BCUT2D eigenvalue weighted by Gasteiger charge is -2.47. The monoisotopic (exact) mass is 1340 g/mol. The number of fused-ring (bicyclic) bond motifs is 2. The maximum absolute atomic E-state index is 14.9. The summed E-state index contributed by atoms with van der Waals surface area (Å²) in [5.41, 5.74) is 2.25. The number of nitrogens with one attached hydrogen (secondary N) is 6. The molecule has 9 rings (SSSR count). The number of aromatic hydroxyl groups is 2. The van der Waals surface area contributed by atoms with Crippen LogP contribution in [0.2, 0.25) is 0 Å². The predicted octanol–water partition coefficient (Wildman–Crippen LogP) is -1.40. The molecule has 2 aromatic carbocycles. The lowest BCUT2D eigenvalue weighted by Crippen LogP contribution is -2.64. The molecule has 6 fully saturated rings. The molecule has 5 heterocycles. The van der Waals surface area contributed by atoms with Crippen LogP contribution in [0, 0.1) is 17.8 Å². The van der Waals surface area contributed by atoms with Crippen LogP contribution >= 0.6 is 11.3 Å². The van der Waals surface area contributed by atoms with Crippen molar-refractivity contribution in [2.45, 2.75) is 201 Å². The van der Waals surface area contributed by atoms with Crippen molar-refractivity contribution in [1.82, 2.24) is 51.9 Å². The minimum absolute atomic E-state index is 0.0277. The van der Waals surface area contributed by atoms with Crippen LogP contribution in [-0.4, -0.2) is 257 Å². The second kappa shape index (κ2) is 32.7. The van der Waals surface area contributed by atoms with Crippen molar-refractivity contribution in [2.24, 2.45) is 17.8 Å². The van der Waals surface area contributed by atoms with E-state index in [1.165, 1.54) is 50.8 Å². The molecule has 0 unspecified atom stereocenters. The summed E-state index contributed by atoms with van der Waals surface area (Å²) in [5, 5.41) is 136. The van der Waals surface area contributed by atoms with Crippen LogP contribution in [0.3, 0.4) is 0 Å². The van der Waals surface area contributed by atoms with Gasteiger partial charge in [-0.2, -0.15) is 0 Å². The summed E-state index contributed by atoms with van der Waals surface area (Å²) in [6, 6.07) is 0.782. The summed E-state index contributed by atoms with van der Waals surface area (Å²) in [6.07, 6.45) is -0.0628. The lowest BCUT2D eigenvalue weighted by molar-refractivity contribution is -0.147. The molecule has 16 N–H and O–H groups in total. The first-order valence-corrected chi connectivity index (χ1v) is 34.1. The van der Waals surface area contributed by atoms with E-state index in [0.29, 0.717) is 5.92 Å². The second-order valence-electron chi connectivity index (χ2n) is 26.9. The third-order valence-corrected chi connectivity index (χ3v) is 21.5. The molecule has 13 atom stereocenters. The van der Waals surface area contributed by atoms with Crippen LogP contribution in [0.1, 0.15) is 120 Å². The summed E-state index contributed by atoms with van der Waals surface area (Å²) in [6.45, 7) is 2.45. The molecule has 6 aliphatic rings. The molecule has 4 saturated heterocycles. The van der Waals surface area contributed by atoms with Gasteiger partial charge in [-0.25, -0.2) is 0 Å². The van der Waals surface area contributed by atoms with Gasteiger partial charge in [0.1, 0.15) is 40.2 Å². The van der Waals surface area contributed by atoms with Crippen molar-refractivity contribution in [3.8, 4) is 22.1 Å². The fourth-order valence-corrected chi connectivity index (χ4v) is 15.6. The molecule has 0 bridgehead atoms. The molecule has 0 radical (unpaired) electrons. The van der Waals surface area contributed by atoms with Gasteiger partial charge in [-0.1, -0.05) is 43.6 Å². The minimum Gasteiger partial charge on any atom is -0.504 e. The quantitative estimate of drug-likeness (QED) is 0.0614. The molecule has 1 aromatic heterocycles. The highest BCUT2D eigenvalue weighted by molar-refractivity contribution is 7.14. The zero-order valence-corrected chi connectivity index (χ0v) is 54.6. The van der Waals surface area contributed by atoms with Gasteiger partial charge in [0.05, 0.1) is 67.5 Å². The number of aliphatic hydroxyl groups excluding tert-OH is 8. The van der Waals surface area contributed by atoms with Gasteiger partial charge in [0.15, 0.2) is 11.5 Å². The maximum Gasteiger partial charge on any atom is 0.248 e. The molecule has 29 heteroatoms. The van der Waals surface area contributed by atoms with Gasteiger partial charge in [-0.15, -0.1) is 10.2 Å². The summed E-state index contributed by atoms with van der Waals surface area (Å²) in [4.78, 5) is 92.2. The highest BCUT2D eigenvalue weighted by Gasteiger charge is 2.50. The summed E-state index contributed by atoms with van der Waals surface area (Å²) < 4.78 is 6.26. The number of ether oxygens (including phenoxy) is 1. The van der Waals surface area contributed by atoms with Gasteiger partial charge in [0.2, 0.25) is 35.4 Å². The first-order chi connectivity index (χ1) is 45.0. The van der Waals surface area contributed by atoms with Crippen LogP contribution < -0.4 is 36.8 Å². The topological polar surface area (TPSA) is 422 Å². The van der Waals surface area contributed by atoms with Crippen molar-refractivity contribution in [3.63, 3.8) is 0 Å². The molecule has 0 spiro atoms. The number of piperidine rings is 1. The summed E-state index contributed by atoms with van der Waals surface area (Å²) in [7, 11) is 1.88. The standard InChI is InChI=1S/C65H97N11O17S/c1-35-31-76-55(56(35)86)60(90)68-30-44(80)27-46(67-29-37-9-12-39(13-10-37)61-72-73-62(94-61)40-14-16-43(17-15-40)74-23-20-65(93-3,21-24-74)41-7-5-4-6-8-41)57(87)69-52(36(2)79)63(91)75-32-45(81)28-47(75)58(88)70-53(51(85)26-38-11-18-48(82)50(84)25-38)59(89)71-54(64(76)92)49(83)19-22-66-42(33-77)34-78/h11,14-18,25,35-37,39,41-42,44-47,49,51-56,66-67,77-86H,4-10,12-13,19-24,26-34H2,1-3H3,(H,68,90)(H,69,87)(H,70,88)(H,71,89)/t35-,36+,37?,39?,44+,45+,46-,47-,49+,51+,52-,53-,54-,55-,56-/m0/s1. The number of carbonyl (C=O) groups excluding carboxylic acids is 6. The van der Waals surface area contributed by atoms with Crippen LogP contribution in [0.25, 0.3) is 10.6 Å². The Labute approximate surface area is 551 Å². The molecule has 28 nitrogen and oxygen atoms in total. The number of β-amino-alcohol motifs (C(OH)–C–C–N with tert-alkyl or cyclic N) is 1. The third-order valence-electron chi connectivity index (χ3n) is 20.4. The fraction of sp³-hybridized carbons (Fsp3) is 0.692. The number of phenolic OH excluding ortho intramolecular Hbond substituents is 2. The Morgan fingerprint density at radius 3 is 2.06 bits per heavy atom. The Kier molecular flexibility index (Phi) is 25.1. The van der Waals surface area contributed by atoms with Gasteiger partial charge in [-0.05, 0) is 138 Å². The van der Waals surface area contributed by atoms with E-state index in [-0.39, 0.29) is 55.5 Å². The average Bonchev–Trinajstić information content (AvgIpc) is 1.41. The highest BCUT2D eigenvalue weighted by atomic mass is 32.1. The Hall–Kier alpha value is -6.22. The van der Waals surface area contributed by atoms with E-state index in [1.54, 1.807) is 18.3 Å². The number of hydrogen-bond donors (Lipinski definition) is 16. The van der Waals surface area contributed by atoms with Gasteiger partial charge in [-0.3, -0.25) is 28.8 Å². The molecular weight excluding hydrogens is 1240 g/mol. The van der Waals surface area contributed by atoms with Gasteiger partial charge in [0, 0.05) is 75.8 Å². The predicted molar refractivity (Wildman–Crippen MR) is 344 cm³/mol. The number of amides is 6. The van der Waals surface area contributed by atoms with E-state index < -0.39 is 171 Å². The highest BCUT2D eigenvalue weighted by Crippen LogP contribution is 2.43. The lowest BCUT2D eigenvalue weighted by atomic mass is 9.72. The van der Waals surface area contributed by atoms with Crippen molar-refractivity contribution >= 4 is 52.5 Å². The zero-order chi connectivity index (χ0) is 67.5. The van der Waals surface area contributed by atoms with Crippen LogP contribution in [0.15, 0.2) is 42.5 Å². The Morgan fingerprint density at radius 2 is 1.40 bits per heavy atom. The number of rotatable bonds is 19. The number of aliphatic hydroxyl groups is 8. The summed E-state index contributed by atoms with van der Waals surface area (Å²) >= 11 is 1.57. The van der Waals surface area contributed by atoms with Gasteiger partial charge in [0.25, 0.3) is 0 Å². The molecular formula is C65H97N11O17S. The van der Waals surface area contributed by atoms with E-state index in [2.05, 4.69) is 71.3 Å². The van der Waals surface area contributed by atoms with Crippen molar-refractivity contribution in [2.75, 3.05) is 71.0 Å². The fourth-order valence-electron chi connectivity index (χ4n) is 14.6. The zero-order valence-electron chi connectivity index (χ0n) is 53.8. The van der Waals surface area contributed by atoms with Crippen molar-refractivity contribution in [1.29, 1.82) is 0 Å². The number of anilines is 1. The average molecular weight is 1340 g/mol. The Morgan fingerprint density at radius 1 is 0.734 bits per heavy atom. The Balaban J connectivity index is 0.915. The minimum atomic E-state index is -2.07. The number of methoxy groups -OCH3 is 1. The smallest absolute Gasteiger partial charge is 0.248 e. The van der Waals surface area contributed by atoms with E-state index in [0.717, 1.165) is 89.1 Å². The van der Waals surface area contributed by atoms with Crippen LogP contribution in [0.4, 0.5) is 5.69 Å². The van der Waals surface area contributed by atoms with Gasteiger partial charge < -0.3 is 102 Å². The van der Waals surface area contributed by atoms with Crippen LogP contribution in [-0.2, 0) is 39.9 Å². The Bertz CT molecular complexity index is 3030. The first kappa shape index (κ1) is 72.1. The number of hydrogen-bond acceptors (Lipinski definition) is 23. The number of carbonyl (C=O) groups is 6. The number of nitrogens with zero attached hydrogens (tertiary/aromatic N) is 5. The maximum atomic E-state index is 14.9. The number of aromatic nitrogens is 2. The van der Waals surface area contributed by atoms with Gasteiger partial charge >= 0.3 is 0 Å².